The summed E-state index contributed by atoms with van der Waals surface area (Å²) in [5, 5.41) is 0.116. The van der Waals surface area contributed by atoms with Gasteiger partial charge in [-0.25, -0.2) is 0 Å². The summed E-state index contributed by atoms with van der Waals surface area (Å²) in [5.74, 6) is 0.393. The second kappa shape index (κ2) is 6.39. The fourth-order valence-electron chi connectivity index (χ4n) is 2.48. The van der Waals surface area contributed by atoms with Gasteiger partial charge in [0, 0.05) is 4.90 Å². The van der Waals surface area contributed by atoms with E-state index < -0.39 is 0 Å². The Labute approximate surface area is 113 Å². The van der Waals surface area contributed by atoms with Gasteiger partial charge >= 0.3 is 0 Å². The Bertz CT molecular complexity index is 395. The van der Waals surface area contributed by atoms with Crippen molar-refractivity contribution in [3.8, 4) is 0 Å². The molecule has 0 bridgehead atoms. The Kier molecular flexibility index (Phi) is 4.84. The molecule has 0 aromatic heterocycles. The molecule has 1 fully saturated rings. The number of hydrogen-bond acceptors (Lipinski definition) is 3. The smallest absolute Gasteiger partial charge is 0.210 e. The van der Waals surface area contributed by atoms with Gasteiger partial charge in [0.25, 0.3) is 0 Å². The molecule has 1 aromatic rings. The summed E-state index contributed by atoms with van der Waals surface area (Å²) < 4.78 is 0. The molecule has 0 radical (unpaired) electrons. The average Bonchev–Trinajstić information content (AvgIpc) is 2.41. The van der Waals surface area contributed by atoms with Crippen molar-refractivity contribution in [2.75, 3.05) is 0 Å². The zero-order valence-corrected chi connectivity index (χ0v) is 11.7. The first-order chi connectivity index (χ1) is 8.66. The van der Waals surface area contributed by atoms with E-state index in [1.165, 1.54) is 36.6 Å². The number of aryl methyl sites for hydroxylation is 1. The van der Waals surface area contributed by atoms with E-state index in [1.807, 2.05) is 31.2 Å². The van der Waals surface area contributed by atoms with Crippen LogP contribution in [0, 0.1) is 12.8 Å². The van der Waals surface area contributed by atoms with Crippen LogP contribution in [0.2, 0.25) is 0 Å². The topological polar surface area (TPSA) is 43.1 Å². The van der Waals surface area contributed by atoms with Gasteiger partial charge in [-0.1, -0.05) is 48.7 Å². The van der Waals surface area contributed by atoms with Gasteiger partial charge in [-0.2, -0.15) is 0 Å². The molecule has 2 rings (SSSR count). The van der Waals surface area contributed by atoms with Crippen LogP contribution in [0.3, 0.4) is 0 Å². The second-order valence-electron chi connectivity index (χ2n) is 5.16. The van der Waals surface area contributed by atoms with Crippen LogP contribution in [0.5, 0.6) is 0 Å². The SMILES string of the molecule is Cc1ccc(SC(=O)C(N)C2CCCCC2)cc1. The summed E-state index contributed by atoms with van der Waals surface area (Å²) >= 11 is 1.29. The van der Waals surface area contributed by atoms with Crippen LogP contribution in [-0.2, 0) is 4.79 Å². The molecule has 0 heterocycles. The van der Waals surface area contributed by atoms with Gasteiger partial charge in [0.2, 0.25) is 5.12 Å². The van der Waals surface area contributed by atoms with Gasteiger partial charge in [-0.05, 0) is 37.8 Å². The third-order valence-corrected chi connectivity index (χ3v) is 4.65. The maximum atomic E-state index is 12.1. The van der Waals surface area contributed by atoms with E-state index >= 15 is 0 Å². The minimum absolute atomic E-state index is 0.116. The van der Waals surface area contributed by atoms with Crippen molar-refractivity contribution in [3.63, 3.8) is 0 Å². The van der Waals surface area contributed by atoms with Crippen LogP contribution in [0.4, 0.5) is 0 Å². The van der Waals surface area contributed by atoms with Crippen LogP contribution in [0.1, 0.15) is 37.7 Å². The Hall–Kier alpha value is -0.800. The largest absolute Gasteiger partial charge is 0.321 e. The summed E-state index contributed by atoms with van der Waals surface area (Å²) in [6.45, 7) is 2.05. The molecule has 2 N–H and O–H groups in total. The van der Waals surface area contributed by atoms with E-state index in [2.05, 4.69) is 0 Å². The lowest BCUT2D eigenvalue weighted by Crippen LogP contribution is -2.37. The molecular weight excluding hydrogens is 242 g/mol. The fourth-order valence-corrected chi connectivity index (χ4v) is 3.31. The molecule has 2 nitrogen and oxygen atoms in total. The van der Waals surface area contributed by atoms with Gasteiger partial charge in [0.15, 0.2) is 0 Å². The van der Waals surface area contributed by atoms with E-state index in [-0.39, 0.29) is 11.2 Å². The van der Waals surface area contributed by atoms with Crippen LogP contribution >= 0.6 is 11.8 Å². The molecule has 1 saturated carbocycles. The highest BCUT2D eigenvalue weighted by molar-refractivity contribution is 8.13. The van der Waals surface area contributed by atoms with Crippen molar-refractivity contribution >= 4 is 16.9 Å². The van der Waals surface area contributed by atoms with Crippen molar-refractivity contribution in [1.29, 1.82) is 0 Å². The van der Waals surface area contributed by atoms with Crippen molar-refractivity contribution < 1.29 is 4.79 Å². The van der Waals surface area contributed by atoms with E-state index in [9.17, 15) is 4.79 Å². The van der Waals surface area contributed by atoms with Gasteiger partial charge in [0.1, 0.15) is 0 Å². The maximum Gasteiger partial charge on any atom is 0.210 e. The summed E-state index contributed by atoms with van der Waals surface area (Å²) in [7, 11) is 0. The van der Waals surface area contributed by atoms with E-state index in [0.29, 0.717) is 5.92 Å². The number of hydrogen-bond donors (Lipinski definition) is 1. The molecule has 0 aliphatic heterocycles. The van der Waals surface area contributed by atoms with Crippen LogP contribution in [0.25, 0.3) is 0 Å². The number of benzene rings is 1. The molecule has 0 amide bonds. The van der Waals surface area contributed by atoms with Crippen molar-refractivity contribution in [1.82, 2.24) is 0 Å². The minimum atomic E-state index is -0.295. The standard InChI is InChI=1S/C15H21NOS/c1-11-7-9-13(10-8-11)18-15(17)14(16)12-5-3-2-4-6-12/h7-10,12,14H,2-6,16H2,1H3. The Balaban J connectivity index is 1.92. The molecule has 1 atom stereocenters. The average molecular weight is 263 g/mol. The molecular formula is C15H21NOS. The third kappa shape index (κ3) is 3.59. The number of carbonyl (C=O) groups excluding carboxylic acids is 1. The lowest BCUT2D eigenvalue weighted by atomic mass is 9.85. The molecule has 0 saturated heterocycles. The second-order valence-corrected chi connectivity index (χ2v) is 6.24. The lowest BCUT2D eigenvalue weighted by Gasteiger charge is -2.26. The Morgan fingerprint density at radius 3 is 2.44 bits per heavy atom. The maximum absolute atomic E-state index is 12.1. The zero-order chi connectivity index (χ0) is 13.0. The minimum Gasteiger partial charge on any atom is -0.321 e. The Morgan fingerprint density at radius 2 is 1.83 bits per heavy atom. The first-order valence-electron chi connectivity index (χ1n) is 6.71. The third-order valence-electron chi connectivity index (χ3n) is 3.67. The predicted molar refractivity (Wildman–Crippen MR) is 76.6 cm³/mol. The summed E-state index contributed by atoms with van der Waals surface area (Å²) in [4.78, 5) is 13.1. The zero-order valence-electron chi connectivity index (χ0n) is 10.9. The van der Waals surface area contributed by atoms with Crippen LogP contribution in [-0.4, -0.2) is 11.2 Å². The lowest BCUT2D eigenvalue weighted by molar-refractivity contribution is -0.113. The molecule has 0 spiro atoms. The molecule has 1 aliphatic carbocycles. The number of rotatable bonds is 3. The molecule has 1 aliphatic rings. The quantitative estimate of drug-likeness (QED) is 0.848. The first-order valence-corrected chi connectivity index (χ1v) is 7.52. The normalized spacial score (nSPS) is 18.6. The Morgan fingerprint density at radius 1 is 1.22 bits per heavy atom. The van der Waals surface area contributed by atoms with Crippen molar-refractivity contribution in [2.24, 2.45) is 11.7 Å². The summed E-state index contributed by atoms with van der Waals surface area (Å²) in [6, 6.07) is 7.75. The van der Waals surface area contributed by atoms with Gasteiger partial charge in [-0.3, -0.25) is 4.79 Å². The highest BCUT2D eigenvalue weighted by Gasteiger charge is 2.26. The molecule has 1 unspecified atom stereocenters. The van der Waals surface area contributed by atoms with Gasteiger partial charge in [0.05, 0.1) is 6.04 Å². The van der Waals surface area contributed by atoms with Crippen molar-refractivity contribution in [2.45, 2.75) is 50.0 Å². The van der Waals surface area contributed by atoms with Crippen LogP contribution < -0.4 is 5.73 Å². The molecule has 98 valence electrons. The molecule has 1 aromatic carbocycles. The number of thioether (sulfide) groups is 1. The van der Waals surface area contributed by atoms with E-state index in [4.69, 9.17) is 5.73 Å². The van der Waals surface area contributed by atoms with E-state index in [0.717, 1.165) is 17.7 Å². The number of nitrogens with two attached hydrogens (primary N) is 1. The van der Waals surface area contributed by atoms with Crippen molar-refractivity contribution in [3.05, 3.63) is 29.8 Å². The monoisotopic (exact) mass is 263 g/mol. The number of carbonyl (C=O) groups is 1. The van der Waals surface area contributed by atoms with Gasteiger partial charge in [-0.15, -0.1) is 0 Å². The van der Waals surface area contributed by atoms with Gasteiger partial charge < -0.3 is 5.73 Å². The predicted octanol–water partition coefficient (Wildman–Crippen LogP) is 3.52. The summed E-state index contributed by atoms with van der Waals surface area (Å²) in [5.41, 5.74) is 7.31. The molecule has 3 heteroatoms. The fraction of sp³-hybridized carbons (Fsp3) is 0.533. The first kappa shape index (κ1) is 13.6. The highest BCUT2D eigenvalue weighted by atomic mass is 32.2. The highest BCUT2D eigenvalue weighted by Crippen LogP contribution is 2.29. The van der Waals surface area contributed by atoms with Crippen LogP contribution in [0.15, 0.2) is 29.2 Å². The summed E-state index contributed by atoms with van der Waals surface area (Å²) in [6.07, 6.45) is 5.97. The van der Waals surface area contributed by atoms with E-state index in [1.54, 1.807) is 0 Å². The molecule has 18 heavy (non-hydrogen) atoms.